The lowest BCUT2D eigenvalue weighted by Gasteiger charge is -2.35. The summed E-state index contributed by atoms with van der Waals surface area (Å²) >= 11 is 0. The third-order valence-electron chi connectivity index (χ3n) is 6.03. The second kappa shape index (κ2) is 8.31. The predicted molar refractivity (Wildman–Crippen MR) is 114 cm³/mol. The summed E-state index contributed by atoms with van der Waals surface area (Å²) in [6.07, 6.45) is 4.13. The van der Waals surface area contributed by atoms with E-state index in [9.17, 15) is 9.50 Å². The molecule has 0 spiro atoms. The summed E-state index contributed by atoms with van der Waals surface area (Å²) in [7, 11) is 0. The smallest absolute Gasteiger partial charge is 0.150 e. The van der Waals surface area contributed by atoms with Crippen molar-refractivity contribution in [2.24, 2.45) is 0 Å². The van der Waals surface area contributed by atoms with E-state index < -0.39 is 12.3 Å². The van der Waals surface area contributed by atoms with Gasteiger partial charge in [-0.3, -0.25) is 4.98 Å². The third-order valence-corrected chi connectivity index (χ3v) is 6.03. The number of β-amino-alcohol motifs (C(OH)–C–C–N with tert-alkyl or cyclic N) is 1. The Morgan fingerprint density at radius 3 is 2.53 bits per heavy atom. The van der Waals surface area contributed by atoms with Gasteiger partial charge in [-0.25, -0.2) is 14.4 Å². The summed E-state index contributed by atoms with van der Waals surface area (Å²) in [5.41, 5.74) is 2.11. The number of hydrogen-bond donors (Lipinski definition) is 3. The first-order chi connectivity index (χ1) is 14.7. The molecule has 0 amide bonds. The van der Waals surface area contributed by atoms with Gasteiger partial charge in [0.1, 0.15) is 29.7 Å². The van der Waals surface area contributed by atoms with E-state index in [0.29, 0.717) is 30.5 Å². The topological polar surface area (TPSA) is 89.4 Å². The molecule has 5 rings (SSSR count). The van der Waals surface area contributed by atoms with Gasteiger partial charge in [-0.15, -0.1) is 0 Å². The maximum absolute atomic E-state index is 13.8. The van der Waals surface area contributed by atoms with Crippen molar-refractivity contribution >= 4 is 23.1 Å². The molecule has 2 unspecified atom stereocenters. The normalized spacial score (nSPS) is 24.7. The Hall–Kier alpha value is -2.52. The molecule has 2 aromatic rings. The molecular weight excluding hydrogens is 385 g/mol. The zero-order valence-electron chi connectivity index (χ0n) is 17.0. The Morgan fingerprint density at radius 2 is 1.83 bits per heavy atom. The number of alkyl halides is 1. The Kier molecular flexibility index (Phi) is 5.39. The van der Waals surface area contributed by atoms with Crippen molar-refractivity contribution in [3.8, 4) is 0 Å². The van der Waals surface area contributed by atoms with Crippen molar-refractivity contribution in [1.82, 2.24) is 20.3 Å². The van der Waals surface area contributed by atoms with Crippen molar-refractivity contribution in [1.29, 1.82) is 0 Å². The van der Waals surface area contributed by atoms with Gasteiger partial charge in [-0.1, -0.05) is 0 Å². The van der Waals surface area contributed by atoms with Gasteiger partial charge in [0.05, 0.1) is 18.1 Å². The van der Waals surface area contributed by atoms with Crippen molar-refractivity contribution in [2.45, 2.75) is 37.5 Å². The highest BCUT2D eigenvalue weighted by Crippen LogP contribution is 2.38. The number of halogens is 1. The van der Waals surface area contributed by atoms with E-state index >= 15 is 0 Å². The number of aliphatic hydroxyl groups excluding tert-OH is 1. The van der Waals surface area contributed by atoms with Crippen LogP contribution >= 0.6 is 0 Å². The molecule has 2 atom stereocenters. The number of aromatic nitrogens is 3. The fourth-order valence-corrected chi connectivity index (χ4v) is 4.07. The lowest BCUT2D eigenvalue weighted by Crippen LogP contribution is -2.46. The molecule has 160 valence electrons. The standard InChI is InChI=1S/C21H28FN7O/c22-16-3-6-29(13-18(16)30)21-10-15(28-7-4-23-5-8-28)9-19(27-21)26-20-12-24-17(11-25-20)14-1-2-14/h9-12,14,16,18,23,30H,1-8,13H2,(H,25,26,27). The summed E-state index contributed by atoms with van der Waals surface area (Å²) in [4.78, 5) is 18.0. The maximum Gasteiger partial charge on any atom is 0.150 e. The van der Waals surface area contributed by atoms with Crippen LogP contribution in [0.25, 0.3) is 0 Å². The average Bonchev–Trinajstić information content (AvgIpc) is 3.62. The van der Waals surface area contributed by atoms with E-state index in [1.54, 1.807) is 6.20 Å². The number of hydrogen-bond acceptors (Lipinski definition) is 8. The van der Waals surface area contributed by atoms with Gasteiger partial charge >= 0.3 is 0 Å². The number of nitrogens with one attached hydrogen (secondary N) is 2. The van der Waals surface area contributed by atoms with E-state index in [1.165, 1.54) is 12.8 Å². The highest BCUT2D eigenvalue weighted by atomic mass is 19.1. The molecule has 2 aromatic heterocycles. The molecule has 2 aliphatic heterocycles. The van der Waals surface area contributed by atoms with Crippen molar-refractivity contribution in [3.05, 3.63) is 30.2 Å². The molecule has 30 heavy (non-hydrogen) atoms. The summed E-state index contributed by atoms with van der Waals surface area (Å²) in [5.74, 6) is 2.63. The van der Waals surface area contributed by atoms with Gasteiger partial charge in [-0.05, 0) is 19.3 Å². The van der Waals surface area contributed by atoms with Crippen molar-refractivity contribution in [2.75, 3.05) is 54.4 Å². The van der Waals surface area contributed by atoms with Gasteiger partial charge in [0.15, 0.2) is 0 Å². The molecule has 0 radical (unpaired) electrons. The number of piperidine rings is 1. The van der Waals surface area contributed by atoms with Gasteiger partial charge in [0, 0.05) is 63.0 Å². The number of pyridine rings is 1. The minimum atomic E-state index is -1.17. The Balaban J connectivity index is 1.41. The van der Waals surface area contributed by atoms with Crippen LogP contribution in [0.3, 0.4) is 0 Å². The number of piperazine rings is 1. The molecule has 0 aromatic carbocycles. The lowest BCUT2D eigenvalue weighted by molar-refractivity contribution is 0.0643. The van der Waals surface area contributed by atoms with Crippen LogP contribution in [0.15, 0.2) is 24.5 Å². The zero-order chi connectivity index (χ0) is 20.5. The van der Waals surface area contributed by atoms with Crippen LogP contribution in [0.5, 0.6) is 0 Å². The Morgan fingerprint density at radius 1 is 1.00 bits per heavy atom. The van der Waals surface area contributed by atoms with Crippen LogP contribution in [0, 0.1) is 0 Å². The summed E-state index contributed by atoms with van der Waals surface area (Å²) in [6, 6.07) is 4.05. The fourth-order valence-electron chi connectivity index (χ4n) is 4.07. The molecule has 3 aliphatic rings. The van der Waals surface area contributed by atoms with Gasteiger partial charge < -0.3 is 25.5 Å². The third kappa shape index (κ3) is 4.32. The monoisotopic (exact) mass is 413 g/mol. The van der Waals surface area contributed by atoms with Crippen LogP contribution in [-0.2, 0) is 0 Å². The van der Waals surface area contributed by atoms with Crippen molar-refractivity contribution < 1.29 is 9.50 Å². The Bertz CT molecular complexity index is 870. The summed E-state index contributed by atoms with van der Waals surface area (Å²) in [5, 5.41) is 16.7. The van der Waals surface area contributed by atoms with E-state index in [2.05, 4.69) is 25.5 Å². The van der Waals surface area contributed by atoms with Crippen LogP contribution in [0.4, 0.5) is 27.5 Å². The van der Waals surface area contributed by atoms with Gasteiger partial charge in [-0.2, -0.15) is 0 Å². The van der Waals surface area contributed by atoms with Gasteiger partial charge in [0.2, 0.25) is 0 Å². The minimum Gasteiger partial charge on any atom is -0.388 e. The molecule has 4 heterocycles. The zero-order valence-corrected chi connectivity index (χ0v) is 17.0. The molecular formula is C21H28FN7O. The second-order valence-corrected chi connectivity index (χ2v) is 8.35. The van der Waals surface area contributed by atoms with Crippen LogP contribution in [0.1, 0.15) is 30.9 Å². The average molecular weight is 414 g/mol. The van der Waals surface area contributed by atoms with E-state index in [1.807, 2.05) is 23.2 Å². The van der Waals surface area contributed by atoms with E-state index in [4.69, 9.17) is 4.98 Å². The molecule has 3 fully saturated rings. The molecule has 0 bridgehead atoms. The highest BCUT2D eigenvalue weighted by Gasteiger charge is 2.29. The minimum absolute atomic E-state index is 0.245. The fraction of sp³-hybridized carbons (Fsp3) is 0.571. The van der Waals surface area contributed by atoms with Gasteiger partial charge in [0.25, 0.3) is 0 Å². The van der Waals surface area contributed by atoms with Crippen molar-refractivity contribution in [3.63, 3.8) is 0 Å². The summed E-state index contributed by atoms with van der Waals surface area (Å²) < 4.78 is 13.8. The quantitative estimate of drug-likeness (QED) is 0.684. The SMILES string of the molecule is OC1CN(c2cc(N3CCNCC3)cc(Nc3cnc(C4CC4)cn3)n2)CCC1F. The predicted octanol–water partition coefficient (Wildman–Crippen LogP) is 1.81. The highest BCUT2D eigenvalue weighted by molar-refractivity contribution is 5.65. The summed E-state index contributed by atoms with van der Waals surface area (Å²) in [6.45, 7) is 4.46. The van der Waals surface area contributed by atoms with E-state index in [0.717, 1.165) is 43.4 Å². The second-order valence-electron chi connectivity index (χ2n) is 8.35. The largest absolute Gasteiger partial charge is 0.388 e. The first kappa shape index (κ1) is 19.4. The number of aliphatic hydroxyl groups is 1. The Labute approximate surface area is 175 Å². The molecule has 1 saturated carbocycles. The number of anilines is 4. The number of rotatable bonds is 5. The first-order valence-corrected chi connectivity index (χ1v) is 10.8. The van der Waals surface area contributed by atoms with E-state index in [-0.39, 0.29) is 6.54 Å². The molecule has 3 N–H and O–H groups in total. The molecule has 9 heteroatoms. The molecule has 2 saturated heterocycles. The van der Waals surface area contributed by atoms with Crippen LogP contribution in [0.2, 0.25) is 0 Å². The first-order valence-electron chi connectivity index (χ1n) is 10.8. The maximum atomic E-state index is 13.8. The lowest BCUT2D eigenvalue weighted by atomic mass is 10.1. The molecule has 1 aliphatic carbocycles. The number of nitrogens with zero attached hydrogens (tertiary/aromatic N) is 5. The molecule has 8 nitrogen and oxygen atoms in total. The van der Waals surface area contributed by atoms with Crippen LogP contribution in [-0.4, -0.2) is 71.6 Å². The van der Waals surface area contributed by atoms with Crippen LogP contribution < -0.4 is 20.4 Å².